The number of aromatic amines is 1. The van der Waals surface area contributed by atoms with Crippen LogP contribution < -0.4 is 0 Å². The number of H-pyrrole nitrogens is 1. The second-order valence-electron chi connectivity index (χ2n) is 5.64. The largest absolute Gasteiger partial charge is 0.508 e. The summed E-state index contributed by atoms with van der Waals surface area (Å²) in [6.07, 6.45) is 7.29. The Hall–Kier alpha value is -3.66. The third-order valence-corrected chi connectivity index (χ3v) is 4.17. The SMILES string of the molecule is N#CC[C@H](c1ccccc1O)n1cc(-c2cnnc3[nH]ccc23)cn1. The molecule has 0 amide bonds. The van der Waals surface area contributed by atoms with E-state index in [4.69, 9.17) is 0 Å². The Balaban J connectivity index is 1.78. The summed E-state index contributed by atoms with van der Waals surface area (Å²) in [5.74, 6) is 0.151. The van der Waals surface area contributed by atoms with Gasteiger partial charge in [0.1, 0.15) is 5.75 Å². The monoisotopic (exact) mass is 330 g/mol. The van der Waals surface area contributed by atoms with Gasteiger partial charge < -0.3 is 10.1 Å². The first-order chi connectivity index (χ1) is 12.3. The fraction of sp³-hybridized carbons (Fsp3) is 0.111. The first-order valence-corrected chi connectivity index (χ1v) is 7.76. The van der Waals surface area contributed by atoms with E-state index in [1.54, 1.807) is 35.3 Å². The molecule has 0 bridgehead atoms. The van der Waals surface area contributed by atoms with E-state index in [0.717, 1.165) is 16.5 Å². The van der Waals surface area contributed by atoms with Crippen molar-refractivity contribution >= 4 is 11.0 Å². The molecule has 3 aromatic heterocycles. The van der Waals surface area contributed by atoms with Crippen LogP contribution in [0.2, 0.25) is 0 Å². The quantitative estimate of drug-likeness (QED) is 0.598. The van der Waals surface area contributed by atoms with Crippen LogP contribution in [0.5, 0.6) is 5.75 Å². The number of hydrogen-bond acceptors (Lipinski definition) is 5. The lowest BCUT2D eigenvalue weighted by molar-refractivity contribution is 0.444. The standard InChI is InChI=1S/C18H14N6O/c19-7-5-16(14-3-1-2-4-17(14)25)24-11-12(9-22-24)15-10-21-23-18-13(15)6-8-20-18/h1-4,6,8-11,16,25H,5H2,(H,20,23)/t16-/m1/s1. The molecule has 0 saturated heterocycles. The number of nitrogens with zero attached hydrogens (tertiary/aromatic N) is 5. The minimum absolute atomic E-state index is 0.151. The Morgan fingerprint density at radius 3 is 2.96 bits per heavy atom. The predicted molar refractivity (Wildman–Crippen MR) is 91.6 cm³/mol. The van der Waals surface area contributed by atoms with Crippen LogP contribution in [-0.4, -0.2) is 30.1 Å². The number of nitriles is 1. The van der Waals surface area contributed by atoms with Crippen LogP contribution in [0.4, 0.5) is 0 Å². The molecule has 122 valence electrons. The highest BCUT2D eigenvalue weighted by atomic mass is 16.3. The maximum absolute atomic E-state index is 10.1. The average molecular weight is 330 g/mol. The second kappa shape index (κ2) is 6.09. The van der Waals surface area contributed by atoms with E-state index in [1.807, 2.05) is 24.5 Å². The van der Waals surface area contributed by atoms with Gasteiger partial charge in [0.15, 0.2) is 5.65 Å². The highest BCUT2D eigenvalue weighted by molar-refractivity contribution is 5.91. The Kier molecular flexibility index (Phi) is 3.63. The minimum Gasteiger partial charge on any atom is -0.508 e. The molecule has 0 saturated carbocycles. The topological polar surface area (TPSA) is 103 Å². The van der Waals surface area contributed by atoms with Gasteiger partial charge in [0.2, 0.25) is 0 Å². The Morgan fingerprint density at radius 2 is 2.12 bits per heavy atom. The molecule has 1 aromatic carbocycles. The van der Waals surface area contributed by atoms with Crippen molar-refractivity contribution in [1.82, 2.24) is 25.0 Å². The number of aromatic hydroxyl groups is 1. The lowest BCUT2D eigenvalue weighted by atomic mass is 10.0. The molecule has 7 nitrogen and oxygen atoms in total. The van der Waals surface area contributed by atoms with Gasteiger partial charge in [0.25, 0.3) is 0 Å². The molecular formula is C18H14N6O. The highest BCUT2D eigenvalue weighted by Gasteiger charge is 2.19. The van der Waals surface area contributed by atoms with Gasteiger partial charge in [-0.3, -0.25) is 4.68 Å². The zero-order valence-electron chi connectivity index (χ0n) is 13.2. The number of fused-ring (bicyclic) bond motifs is 1. The fourth-order valence-corrected chi connectivity index (χ4v) is 2.95. The summed E-state index contributed by atoms with van der Waals surface area (Å²) in [4.78, 5) is 3.04. The summed E-state index contributed by atoms with van der Waals surface area (Å²) in [7, 11) is 0. The molecule has 3 heterocycles. The fourth-order valence-electron chi connectivity index (χ4n) is 2.95. The molecule has 7 heteroatoms. The smallest absolute Gasteiger partial charge is 0.160 e. The van der Waals surface area contributed by atoms with E-state index >= 15 is 0 Å². The van der Waals surface area contributed by atoms with Crippen LogP contribution in [0, 0.1) is 11.3 Å². The van der Waals surface area contributed by atoms with Crippen molar-refractivity contribution in [2.45, 2.75) is 12.5 Å². The number of phenols is 1. The third kappa shape index (κ3) is 2.60. The van der Waals surface area contributed by atoms with Crippen molar-refractivity contribution in [3.63, 3.8) is 0 Å². The summed E-state index contributed by atoms with van der Waals surface area (Å²) in [5.41, 5.74) is 3.15. The van der Waals surface area contributed by atoms with E-state index < -0.39 is 0 Å². The average Bonchev–Trinajstić information content (AvgIpc) is 3.29. The summed E-state index contributed by atoms with van der Waals surface area (Å²) in [5, 5.41) is 32.8. The molecule has 0 aliphatic heterocycles. The van der Waals surface area contributed by atoms with Gasteiger partial charge >= 0.3 is 0 Å². The Morgan fingerprint density at radius 1 is 1.24 bits per heavy atom. The number of phenolic OH excluding ortho intramolecular Hbond substituents is 1. The van der Waals surface area contributed by atoms with E-state index in [-0.39, 0.29) is 18.2 Å². The van der Waals surface area contributed by atoms with Gasteiger partial charge in [0.05, 0.1) is 30.9 Å². The van der Waals surface area contributed by atoms with Crippen molar-refractivity contribution in [3.8, 4) is 22.9 Å². The van der Waals surface area contributed by atoms with Crippen molar-refractivity contribution < 1.29 is 5.11 Å². The first kappa shape index (κ1) is 14.9. The van der Waals surface area contributed by atoms with Crippen LogP contribution in [0.25, 0.3) is 22.2 Å². The molecule has 4 rings (SSSR count). The van der Waals surface area contributed by atoms with Crippen LogP contribution in [0.3, 0.4) is 0 Å². The Labute approximate surface area is 143 Å². The van der Waals surface area contributed by atoms with Crippen LogP contribution in [0.15, 0.2) is 55.1 Å². The van der Waals surface area contributed by atoms with Gasteiger partial charge in [-0.15, -0.1) is 5.10 Å². The van der Waals surface area contributed by atoms with E-state index in [2.05, 4.69) is 26.3 Å². The number of nitrogens with one attached hydrogen (secondary N) is 1. The molecule has 0 radical (unpaired) electrons. The molecule has 0 aliphatic carbocycles. The molecule has 0 aliphatic rings. The molecule has 25 heavy (non-hydrogen) atoms. The lowest BCUT2D eigenvalue weighted by Gasteiger charge is -2.16. The molecule has 0 unspecified atom stereocenters. The summed E-state index contributed by atoms with van der Waals surface area (Å²) in [6, 6.07) is 10.7. The number of hydrogen-bond donors (Lipinski definition) is 2. The normalized spacial score (nSPS) is 12.1. The van der Waals surface area contributed by atoms with E-state index in [9.17, 15) is 10.4 Å². The summed E-state index contributed by atoms with van der Waals surface area (Å²) < 4.78 is 1.70. The van der Waals surface area contributed by atoms with Gasteiger partial charge in [-0.2, -0.15) is 15.5 Å². The zero-order chi connectivity index (χ0) is 17.2. The maximum Gasteiger partial charge on any atom is 0.160 e. The van der Waals surface area contributed by atoms with Crippen molar-refractivity contribution in [2.75, 3.05) is 0 Å². The van der Waals surface area contributed by atoms with Gasteiger partial charge in [-0.05, 0) is 12.1 Å². The maximum atomic E-state index is 10.1. The molecule has 4 aromatic rings. The zero-order valence-corrected chi connectivity index (χ0v) is 13.2. The van der Waals surface area contributed by atoms with Crippen molar-refractivity contribution in [3.05, 3.63) is 60.7 Å². The highest BCUT2D eigenvalue weighted by Crippen LogP contribution is 2.31. The number of aromatic nitrogens is 5. The lowest BCUT2D eigenvalue weighted by Crippen LogP contribution is -2.10. The van der Waals surface area contributed by atoms with Crippen molar-refractivity contribution in [1.29, 1.82) is 5.26 Å². The van der Waals surface area contributed by atoms with Gasteiger partial charge in [-0.1, -0.05) is 18.2 Å². The van der Waals surface area contributed by atoms with Gasteiger partial charge in [0, 0.05) is 34.5 Å². The second-order valence-corrected chi connectivity index (χ2v) is 5.64. The van der Waals surface area contributed by atoms with Crippen molar-refractivity contribution in [2.24, 2.45) is 0 Å². The molecule has 0 fully saturated rings. The number of benzene rings is 1. The Bertz CT molecular complexity index is 1070. The van der Waals surface area contributed by atoms with Crippen LogP contribution in [-0.2, 0) is 0 Å². The summed E-state index contributed by atoms with van der Waals surface area (Å²) >= 11 is 0. The van der Waals surface area contributed by atoms with Gasteiger partial charge in [-0.25, -0.2) is 0 Å². The molecular weight excluding hydrogens is 316 g/mol. The molecule has 2 N–H and O–H groups in total. The van der Waals surface area contributed by atoms with Crippen LogP contribution >= 0.6 is 0 Å². The summed E-state index contributed by atoms with van der Waals surface area (Å²) in [6.45, 7) is 0. The molecule has 1 atom stereocenters. The third-order valence-electron chi connectivity index (χ3n) is 4.17. The van der Waals surface area contributed by atoms with Crippen LogP contribution in [0.1, 0.15) is 18.0 Å². The minimum atomic E-state index is -0.364. The number of para-hydroxylation sites is 1. The van der Waals surface area contributed by atoms with E-state index in [0.29, 0.717) is 11.2 Å². The first-order valence-electron chi connectivity index (χ1n) is 7.76. The molecule has 0 spiro atoms. The number of rotatable bonds is 4. The van der Waals surface area contributed by atoms with E-state index in [1.165, 1.54) is 0 Å². The predicted octanol–water partition coefficient (Wildman–Crippen LogP) is 3.03.